The van der Waals surface area contributed by atoms with E-state index in [2.05, 4.69) is 25.8 Å². The first kappa shape index (κ1) is 19.2. The number of rotatable bonds is 5. The van der Waals surface area contributed by atoms with E-state index in [9.17, 15) is 13.2 Å². The van der Waals surface area contributed by atoms with Gasteiger partial charge in [0.25, 0.3) is 5.91 Å². The van der Waals surface area contributed by atoms with E-state index in [1.165, 1.54) is 21.5 Å². The van der Waals surface area contributed by atoms with Crippen LogP contribution in [0.1, 0.15) is 23.2 Å². The van der Waals surface area contributed by atoms with E-state index >= 15 is 0 Å². The van der Waals surface area contributed by atoms with Crippen molar-refractivity contribution in [2.24, 2.45) is 0 Å². The van der Waals surface area contributed by atoms with Gasteiger partial charge >= 0.3 is 0 Å². The van der Waals surface area contributed by atoms with Gasteiger partial charge in [-0.25, -0.2) is 13.1 Å². The largest absolute Gasteiger partial charge is 0.349 e. The highest BCUT2D eigenvalue weighted by Crippen LogP contribution is 2.22. The van der Waals surface area contributed by atoms with Crippen LogP contribution in [-0.2, 0) is 10.0 Å². The van der Waals surface area contributed by atoms with E-state index in [1.54, 1.807) is 42.6 Å². The predicted molar refractivity (Wildman–Crippen MR) is 103 cm³/mol. The molecule has 0 atom stereocenters. The summed E-state index contributed by atoms with van der Waals surface area (Å²) >= 11 is 0. The number of tetrazole rings is 1. The van der Waals surface area contributed by atoms with Crippen molar-refractivity contribution in [2.75, 3.05) is 13.1 Å². The molecule has 3 heterocycles. The number of aromatic nitrogens is 5. The Kier molecular flexibility index (Phi) is 5.32. The van der Waals surface area contributed by atoms with E-state index < -0.39 is 10.0 Å². The molecule has 1 aliphatic heterocycles. The molecule has 29 heavy (non-hydrogen) atoms. The quantitative estimate of drug-likeness (QED) is 0.651. The van der Waals surface area contributed by atoms with Crippen LogP contribution in [0.25, 0.3) is 5.69 Å². The van der Waals surface area contributed by atoms with Crippen LogP contribution in [0.15, 0.2) is 60.0 Å². The van der Waals surface area contributed by atoms with Crippen molar-refractivity contribution in [3.63, 3.8) is 0 Å². The summed E-state index contributed by atoms with van der Waals surface area (Å²) in [6.45, 7) is 0.658. The zero-order valence-electron chi connectivity index (χ0n) is 15.4. The minimum Gasteiger partial charge on any atom is -0.349 e. The third kappa shape index (κ3) is 4.15. The van der Waals surface area contributed by atoms with E-state index in [4.69, 9.17) is 0 Å². The van der Waals surface area contributed by atoms with Crippen molar-refractivity contribution < 1.29 is 13.2 Å². The molecule has 1 saturated heterocycles. The zero-order valence-corrected chi connectivity index (χ0v) is 16.2. The third-order valence-corrected chi connectivity index (χ3v) is 6.68. The molecule has 0 unspecified atom stereocenters. The molecule has 11 heteroatoms. The summed E-state index contributed by atoms with van der Waals surface area (Å²) in [7, 11) is -3.65. The Morgan fingerprint density at radius 1 is 1.14 bits per heavy atom. The Morgan fingerprint density at radius 3 is 2.66 bits per heavy atom. The first-order chi connectivity index (χ1) is 14.0. The van der Waals surface area contributed by atoms with E-state index in [-0.39, 0.29) is 16.8 Å². The number of hydrogen-bond donors (Lipinski definition) is 1. The number of piperidine rings is 1. The second-order valence-electron chi connectivity index (χ2n) is 6.65. The van der Waals surface area contributed by atoms with Gasteiger partial charge in [-0.15, -0.1) is 5.10 Å². The molecular weight excluding hydrogens is 394 g/mol. The molecule has 2 aromatic heterocycles. The SMILES string of the molecule is O=C(NC1CCN(S(=O)(=O)c2cccc(-n3cnnn3)c2)CC1)c1cccnc1. The normalized spacial score (nSPS) is 15.9. The van der Waals surface area contributed by atoms with Crippen LogP contribution < -0.4 is 5.32 Å². The first-order valence-electron chi connectivity index (χ1n) is 9.08. The Bertz CT molecular complexity index is 1080. The maximum absolute atomic E-state index is 13.0. The van der Waals surface area contributed by atoms with E-state index in [1.807, 2.05) is 0 Å². The first-order valence-corrected chi connectivity index (χ1v) is 10.5. The lowest BCUT2D eigenvalue weighted by Crippen LogP contribution is -2.46. The molecule has 4 rings (SSSR count). The number of nitrogens with one attached hydrogen (secondary N) is 1. The number of hydrogen-bond acceptors (Lipinski definition) is 7. The summed E-state index contributed by atoms with van der Waals surface area (Å²) in [6, 6.07) is 9.80. The molecule has 1 amide bonds. The molecule has 1 aromatic carbocycles. The molecule has 10 nitrogen and oxygen atoms in total. The summed E-state index contributed by atoms with van der Waals surface area (Å²) in [5, 5.41) is 13.9. The number of sulfonamides is 1. The summed E-state index contributed by atoms with van der Waals surface area (Å²) < 4.78 is 28.9. The van der Waals surface area contributed by atoms with Gasteiger partial charge in [-0.3, -0.25) is 9.78 Å². The zero-order chi connectivity index (χ0) is 20.3. The fourth-order valence-corrected chi connectivity index (χ4v) is 4.73. The summed E-state index contributed by atoms with van der Waals surface area (Å²) in [6.07, 6.45) is 5.60. The smallest absolute Gasteiger partial charge is 0.253 e. The molecule has 0 saturated carbocycles. The lowest BCUT2D eigenvalue weighted by atomic mass is 10.1. The van der Waals surface area contributed by atoms with Crippen molar-refractivity contribution in [3.8, 4) is 5.69 Å². The number of amides is 1. The number of carbonyl (C=O) groups excluding carboxylic acids is 1. The molecule has 1 fully saturated rings. The molecule has 0 spiro atoms. The average Bonchev–Trinajstić information content (AvgIpc) is 3.30. The van der Waals surface area contributed by atoms with Crippen molar-refractivity contribution in [3.05, 3.63) is 60.7 Å². The van der Waals surface area contributed by atoms with Crippen molar-refractivity contribution in [1.82, 2.24) is 34.8 Å². The molecular formula is C18H19N7O3S. The van der Waals surface area contributed by atoms with Gasteiger partial charge in [0, 0.05) is 31.5 Å². The van der Waals surface area contributed by atoms with Gasteiger partial charge in [-0.05, 0) is 53.6 Å². The van der Waals surface area contributed by atoms with Gasteiger partial charge in [0.2, 0.25) is 10.0 Å². The second kappa shape index (κ2) is 8.05. The summed E-state index contributed by atoms with van der Waals surface area (Å²) in [4.78, 5) is 16.4. The van der Waals surface area contributed by atoms with E-state index in [0.717, 1.165) is 0 Å². The maximum atomic E-state index is 13.0. The fraction of sp³-hybridized carbons (Fsp3) is 0.278. The van der Waals surface area contributed by atoms with Gasteiger partial charge < -0.3 is 5.32 Å². The lowest BCUT2D eigenvalue weighted by molar-refractivity contribution is 0.0923. The van der Waals surface area contributed by atoms with Gasteiger partial charge in [0.05, 0.1) is 16.1 Å². The number of nitrogens with zero attached hydrogens (tertiary/aromatic N) is 6. The Labute approximate surface area is 167 Å². The highest BCUT2D eigenvalue weighted by Gasteiger charge is 2.30. The van der Waals surface area contributed by atoms with Crippen molar-refractivity contribution in [2.45, 2.75) is 23.8 Å². The molecule has 1 N–H and O–H groups in total. The molecule has 0 aliphatic carbocycles. The summed E-state index contributed by atoms with van der Waals surface area (Å²) in [5.41, 5.74) is 1.05. The standard InChI is InChI=1S/C18H19N7O3S/c26-18(14-3-2-8-19-12-14)21-15-6-9-24(10-7-15)29(27,28)17-5-1-4-16(11-17)25-13-20-22-23-25/h1-5,8,11-13,15H,6-7,9-10H2,(H,21,26). The highest BCUT2D eigenvalue weighted by atomic mass is 32.2. The van der Waals surface area contributed by atoms with Crippen LogP contribution in [-0.4, -0.2) is 63.0 Å². The second-order valence-corrected chi connectivity index (χ2v) is 8.58. The average molecular weight is 413 g/mol. The lowest BCUT2D eigenvalue weighted by Gasteiger charge is -2.31. The molecule has 1 aliphatic rings. The van der Waals surface area contributed by atoms with Crippen LogP contribution in [0.2, 0.25) is 0 Å². The van der Waals surface area contributed by atoms with Crippen LogP contribution in [0.4, 0.5) is 0 Å². The van der Waals surface area contributed by atoms with Gasteiger partial charge in [0.1, 0.15) is 6.33 Å². The summed E-state index contributed by atoms with van der Waals surface area (Å²) in [5.74, 6) is -0.200. The van der Waals surface area contributed by atoms with Gasteiger partial charge in [-0.2, -0.15) is 4.31 Å². The van der Waals surface area contributed by atoms with Gasteiger partial charge in [-0.1, -0.05) is 6.07 Å². The maximum Gasteiger partial charge on any atom is 0.253 e. The van der Waals surface area contributed by atoms with Crippen LogP contribution in [0.5, 0.6) is 0 Å². The Balaban J connectivity index is 1.41. The van der Waals surface area contributed by atoms with Crippen molar-refractivity contribution in [1.29, 1.82) is 0 Å². The molecule has 150 valence electrons. The minimum atomic E-state index is -3.65. The topological polar surface area (TPSA) is 123 Å². The number of pyridine rings is 1. The van der Waals surface area contributed by atoms with Crippen molar-refractivity contribution >= 4 is 15.9 Å². The Morgan fingerprint density at radius 2 is 1.97 bits per heavy atom. The van der Waals surface area contributed by atoms with Gasteiger partial charge in [0.15, 0.2) is 0 Å². The van der Waals surface area contributed by atoms with Crippen LogP contribution in [0.3, 0.4) is 0 Å². The third-order valence-electron chi connectivity index (χ3n) is 4.78. The molecule has 0 bridgehead atoms. The Hall–Kier alpha value is -3.18. The predicted octanol–water partition coefficient (Wildman–Crippen LogP) is 0.640. The molecule has 3 aromatic rings. The van der Waals surface area contributed by atoms with Crippen LogP contribution >= 0.6 is 0 Å². The van der Waals surface area contributed by atoms with Crippen LogP contribution in [0, 0.1) is 0 Å². The number of benzene rings is 1. The number of carbonyl (C=O) groups is 1. The monoisotopic (exact) mass is 413 g/mol. The van der Waals surface area contributed by atoms with E-state index in [0.29, 0.717) is 37.2 Å². The minimum absolute atomic E-state index is 0.0817. The molecule has 0 radical (unpaired) electrons. The highest BCUT2D eigenvalue weighted by molar-refractivity contribution is 7.89. The fourth-order valence-electron chi connectivity index (χ4n) is 3.22.